The highest BCUT2D eigenvalue weighted by Crippen LogP contribution is 2.25. The van der Waals surface area contributed by atoms with E-state index in [9.17, 15) is 9.18 Å². The quantitative estimate of drug-likeness (QED) is 0.453. The molecule has 0 aliphatic heterocycles. The van der Waals surface area contributed by atoms with Crippen LogP contribution >= 0.6 is 23.1 Å². The summed E-state index contributed by atoms with van der Waals surface area (Å²) in [6, 6.07) is 6.31. The smallest absolute Gasteiger partial charge is 0.230 e. The highest BCUT2D eigenvalue weighted by molar-refractivity contribution is 8.01. The number of nitrogens with one attached hydrogen (secondary N) is 2. The number of rotatable bonds is 11. The second kappa shape index (κ2) is 11.0. The SMILES string of the molecule is CCCCCCNC(=O)CSc1nnc(NCc2ccc(F)cc2)s1. The van der Waals surface area contributed by atoms with Gasteiger partial charge in [0, 0.05) is 13.1 Å². The average molecular weight is 383 g/mol. The van der Waals surface area contributed by atoms with Crippen LogP contribution in [0.3, 0.4) is 0 Å². The van der Waals surface area contributed by atoms with Crippen LogP contribution in [-0.4, -0.2) is 28.4 Å². The predicted octanol–water partition coefficient (Wildman–Crippen LogP) is 4.08. The van der Waals surface area contributed by atoms with E-state index in [2.05, 4.69) is 27.8 Å². The Labute approximate surface area is 155 Å². The molecule has 0 unspecified atom stereocenters. The van der Waals surface area contributed by atoms with Gasteiger partial charge in [-0.2, -0.15) is 0 Å². The fourth-order valence-electron chi connectivity index (χ4n) is 2.08. The van der Waals surface area contributed by atoms with E-state index >= 15 is 0 Å². The maximum Gasteiger partial charge on any atom is 0.230 e. The van der Waals surface area contributed by atoms with Gasteiger partial charge in [0.25, 0.3) is 0 Å². The second-order valence-electron chi connectivity index (χ2n) is 5.55. The molecule has 0 aliphatic rings. The molecule has 0 saturated carbocycles. The molecule has 2 N–H and O–H groups in total. The molecular formula is C17H23FN4OS2. The maximum atomic E-state index is 12.9. The summed E-state index contributed by atoms with van der Waals surface area (Å²) >= 11 is 2.79. The summed E-state index contributed by atoms with van der Waals surface area (Å²) in [5.74, 6) is 0.125. The molecule has 1 heterocycles. The van der Waals surface area contributed by atoms with Crippen molar-refractivity contribution in [3.63, 3.8) is 0 Å². The first kappa shape index (κ1) is 19.7. The fraction of sp³-hybridized carbons (Fsp3) is 0.471. The van der Waals surface area contributed by atoms with E-state index in [1.807, 2.05) is 0 Å². The molecule has 8 heteroatoms. The van der Waals surface area contributed by atoms with Gasteiger partial charge in [0.15, 0.2) is 4.34 Å². The van der Waals surface area contributed by atoms with Crippen LogP contribution in [0.5, 0.6) is 0 Å². The standard InChI is InChI=1S/C17H23FN4OS2/c1-2-3-4-5-10-19-15(23)12-24-17-22-21-16(25-17)20-11-13-6-8-14(18)9-7-13/h6-9H,2-5,10-12H2,1H3,(H,19,23)(H,20,21). The number of amides is 1. The number of anilines is 1. The maximum absolute atomic E-state index is 12.9. The molecule has 0 atom stereocenters. The lowest BCUT2D eigenvalue weighted by atomic mass is 10.2. The van der Waals surface area contributed by atoms with Crippen LogP contribution in [0.4, 0.5) is 9.52 Å². The van der Waals surface area contributed by atoms with Gasteiger partial charge in [-0.05, 0) is 24.1 Å². The fourth-order valence-corrected chi connectivity index (χ4v) is 3.65. The Morgan fingerprint density at radius 3 is 2.76 bits per heavy atom. The Hall–Kier alpha value is -1.67. The number of hydrogen-bond donors (Lipinski definition) is 2. The highest BCUT2D eigenvalue weighted by atomic mass is 32.2. The number of unbranched alkanes of at least 4 members (excludes halogenated alkanes) is 3. The first-order valence-electron chi connectivity index (χ1n) is 8.38. The molecule has 1 aromatic heterocycles. The van der Waals surface area contributed by atoms with Crippen molar-refractivity contribution in [2.75, 3.05) is 17.6 Å². The van der Waals surface area contributed by atoms with Crippen molar-refractivity contribution in [3.8, 4) is 0 Å². The van der Waals surface area contributed by atoms with Gasteiger partial charge < -0.3 is 10.6 Å². The number of thioether (sulfide) groups is 1. The lowest BCUT2D eigenvalue weighted by Gasteiger charge is -2.03. The van der Waals surface area contributed by atoms with Crippen molar-refractivity contribution in [1.29, 1.82) is 0 Å². The van der Waals surface area contributed by atoms with Crippen LogP contribution in [0.1, 0.15) is 38.2 Å². The zero-order valence-electron chi connectivity index (χ0n) is 14.3. The van der Waals surface area contributed by atoms with Crippen LogP contribution < -0.4 is 10.6 Å². The molecular weight excluding hydrogens is 359 g/mol. The van der Waals surface area contributed by atoms with E-state index in [1.165, 1.54) is 48.1 Å². The van der Waals surface area contributed by atoms with E-state index < -0.39 is 0 Å². The third-order valence-electron chi connectivity index (χ3n) is 3.44. The minimum Gasteiger partial charge on any atom is -0.356 e. The van der Waals surface area contributed by atoms with Gasteiger partial charge in [0.2, 0.25) is 11.0 Å². The Morgan fingerprint density at radius 1 is 1.20 bits per heavy atom. The van der Waals surface area contributed by atoms with Crippen molar-refractivity contribution in [1.82, 2.24) is 15.5 Å². The van der Waals surface area contributed by atoms with Crippen LogP contribution in [0.25, 0.3) is 0 Å². The lowest BCUT2D eigenvalue weighted by Crippen LogP contribution is -2.26. The van der Waals surface area contributed by atoms with Gasteiger partial charge in [-0.1, -0.05) is 61.4 Å². The number of halogens is 1. The molecule has 2 rings (SSSR count). The van der Waals surface area contributed by atoms with Crippen LogP contribution in [0, 0.1) is 5.82 Å². The Kier molecular flexibility index (Phi) is 8.68. The average Bonchev–Trinajstić information content (AvgIpc) is 3.07. The van der Waals surface area contributed by atoms with Gasteiger partial charge in [-0.25, -0.2) is 4.39 Å². The minimum atomic E-state index is -0.248. The van der Waals surface area contributed by atoms with E-state index in [0.717, 1.165) is 29.3 Å². The normalized spacial score (nSPS) is 10.6. The summed E-state index contributed by atoms with van der Waals surface area (Å²) in [5, 5.41) is 14.9. The summed E-state index contributed by atoms with van der Waals surface area (Å²) < 4.78 is 13.6. The molecule has 0 bridgehead atoms. The predicted molar refractivity (Wildman–Crippen MR) is 102 cm³/mol. The molecule has 25 heavy (non-hydrogen) atoms. The Morgan fingerprint density at radius 2 is 2.00 bits per heavy atom. The first-order chi connectivity index (χ1) is 12.2. The second-order valence-corrected chi connectivity index (χ2v) is 7.75. The van der Waals surface area contributed by atoms with Crippen LogP contribution in [0.2, 0.25) is 0 Å². The Bertz CT molecular complexity index is 648. The topological polar surface area (TPSA) is 66.9 Å². The van der Waals surface area contributed by atoms with Crippen molar-refractivity contribution in [2.24, 2.45) is 0 Å². The number of carbonyl (C=O) groups excluding carboxylic acids is 1. The van der Waals surface area contributed by atoms with Gasteiger partial charge >= 0.3 is 0 Å². The molecule has 0 fully saturated rings. The monoisotopic (exact) mass is 382 g/mol. The number of nitrogens with zero attached hydrogens (tertiary/aromatic N) is 2. The van der Waals surface area contributed by atoms with E-state index in [1.54, 1.807) is 12.1 Å². The molecule has 1 amide bonds. The molecule has 1 aromatic carbocycles. The van der Waals surface area contributed by atoms with Crippen LogP contribution in [-0.2, 0) is 11.3 Å². The zero-order valence-corrected chi connectivity index (χ0v) is 15.9. The molecule has 2 aromatic rings. The van der Waals surface area contributed by atoms with Gasteiger partial charge in [-0.3, -0.25) is 4.79 Å². The Balaban J connectivity index is 1.65. The summed E-state index contributed by atoms with van der Waals surface area (Å²) in [4.78, 5) is 11.8. The number of benzene rings is 1. The first-order valence-corrected chi connectivity index (χ1v) is 10.2. The number of aromatic nitrogens is 2. The summed E-state index contributed by atoms with van der Waals surface area (Å²) in [5.41, 5.74) is 0.966. The number of hydrogen-bond acceptors (Lipinski definition) is 6. The molecule has 0 spiro atoms. The summed E-state index contributed by atoms with van der Waals surface area (Å²) in [6.45, 7) is 3.46. The largest absolute Gasteiger partial charge is 0.356 e. The van der Waals surface area contributed by atoms with Gasteiger partial charge in [0.1, 0.15) is 5.82 Å². The minimum absolute atomic E-state index is 0.0255. The molecule has 136 valence electrons. The molecule has 0 radical (unpaired) electrons. The highest BCUT2D eigenvalue weighted by Gasteiger charge is 2.08. The summed E-state index contributed by atoms with van der Waals surface area (Å²) in [7, 11) is 0. The van der Waals surface area contributed by atoms with Gasteiger partial charge in [0.05, 0.1) is 5.75 Å². The van der Waals surface area contributed by atoms with Gasteiger partial charge in [-0.15, -0.1) is 10.2 Å². The van der Waals surface area contributed by atoms with E-state index in [4.69, 9.17) is 0 Å². The van der Waals surface area contributed by atoms with E-state index in [-0.39, 0.29) is 11.7 Å². The van der Waals surface area contributed by atoms with Crippen molar-refractivity contribution in [3.05, 3.63) is 35.6 Å². The van der Waals surface area contributed by atoms with Crippen molar-refractivity contribution in [2.45, 2.75) is 43.5 Å². The number of carbonyl (C=O) groups is 1. The third kappa shape index (κ3) is 7.83. The van der Waals surface area contributed by atoms with Crippen molar-refractivity contribution >= 4 is 34.1 Å². The zero-order chi connectivity index (χ0) is 17.9. The lowest BCUT2D eigenvalue weighted by molar-refractivity contribution is -0.118. The van der Waals surface area contributed by atoms with E-state index in [0.29, 0.717) is 17.4 Å². The molecule has 5 nitrogen and oxygen atoms in total. The van der Waals surface area contributed by atoms with Crippen LogP contribution in [0.15, 0.2) is 28.6 Å². The summed E-state index contributed by atoms with van der Waals surface area (Å²) in [6.07, 6.45) is 4.59. The van der Waals surface area contributed by atoms with Crippen molar-refractivity contribution < 1.29 is 9.18 Å². The molecule has 0 aliphatic carbocycles. The third-order valence-corrected chi connectivity index (χ3v) is 5.46. The molecule has 0 saturated heterocycles.